The molecule has 5 nitrogen and oxygen atoms in total. The van der Waals surface area contributed by atoms with E-state index < -0.39 is 0 Å². The molecular weight excluding hydrogens is 268 g/mol. The zero-order valence-electron chi connectivity index (χ0n) is 12.7. The van der Waals surface area contributed by atoms with E-state index >= 15 is 0 Å². The number of phenols is 1. The van der Waals surface area contributed by atoms with Crippen molar-refractivity contribution in [2.75, 3.05) is 26.7 Å². The van der Waals surface area contributed by atoms with Crippen LogP contribution in [0.25, 0.3) is 0 Å². The van der Waals surface area contributed by atoms with Crippen molar-refractivity contribution in [3.63, 3.8) is 0 Å². The molecule has 116 valence electrons. The Labute approximate surface area is 125 Å². The number of likely N-dealkylation sites (N-methyl/N-ethyl adjacent to an activating group) is 1. The average Bonchev–Trinajstić information content (AvgIpc) is 2.52. The average molecular weight is 292 g/mol. The van der Waals surface area contributed by atoms with Crippen LogP contribution in [0.4, 0.5) is 0 Å². The molecular formula is C16H24N2O3. The maximum atomic E-state index is 12.2. The standard InChI is InChI=1S/C16H24N2O3/c1-12(14-5-3-4-6-15(14)19)18(2)16(20)11-21-13-7-9-17-10-8-13/h3-6,12-13,17,19H,7-11H2,1-2H3. The van der Waals surface area contributed by atoms with Gasteiger partial charge in [0.15, 0.2) is 0 Å². The minimum absolute atomic E-state index is 0.0655. The first-order chi connectivity index (χ1) is 10.1. The number of benzene rings is 1. The molecule has 2 rings (SSSR count). The molecule has 0 aliphatic carbocycles. The Morgan fingerprint density at radius 3 is 2.76 bits per heavy atom. The first-order valence-corrected chi connectivity index (χ1v) is 7.45. The van der Waals surface area contributed by atoms with Crippen molar-refractivity contribution >= 4 is 5.91 Å². The van der Waals surface area contributed by atoms with E-state index in [4.69, 9.17) is 4.74 Å². The van der Waals surface area contributed by atoms with Gasteiger partial charge < -0.3 is 20.1 Å². The van der Waals surface area contributed by atoms with Crippen molar-refractivity contribution in [1.29, 1.82) is 0 Å². The minimum Gasteiger partial charge on any atom is -0.508 e. The largest absolute Gasteiger partial charge is 0.508 e. The van der Waals surface area contributed by atoms with Gasteiger partial charge in [-0.05, 0) is 38.9 Å². The molecule has 0 saturated carbocycles. The number of carbonyl (C=O) groups excluding carboxylic acids is 1. The number of aromatic hydroxyl groups is 1. The number of rotatable bonds is 5. The molecule has 1 amide bonds. The Kier molecular flexibility index (Phi) is 5.59. The van der Waals surface area contributed by atoms with Crippen LogP contribution in [0, 0.1) is 0 Å². The highest BCUT2D eigenvalue weighted by Gasteiger charge is 2.21. The molecule has 1 aliphatic rings. The van der Waals surface area contributed by atoms with Crippen molar-refractivity contribution in [3.8, 4) is 5.75 Å². The third-order valence-corrected chi connectivity index (χ3v) is 4.09. The molecule has 2 N–H and O–H groups in total. The number of nitrogens with zero attached hydrogens (tertiary/aromatic N) is 1. The molecule has 0 bridgehead atoms. The van der Waals surface area contributed by atoms with Gasteiger partial charge in [0.1, 0.15) is 12.4 Å². The summed E-state index contributed by atoms with van der Waals surface area (Å²) in [5.41, 5.74) is 0.746. The molecule has 0 aromatic heterocycles. The number of piperidine rings is 1. The summed E-state index contributed by atoms with van der Waals surface area (Å²) in [7, 11) is 1.74. The first-order valence-electron chi connectivity index (χ1n) is 7.45. The third kappa shape index (κ3) is 4.19. The van der Waals surface area contributed by atoms with Crippen LogP contribution < -0.4 is 5.32 Å². The maximum Gasteiger partial charge on any atom is 0.248 e. The van der Waals surface area contributed by atoms with Crippen LogP contribution in [0.1, 0.15) is 31.4 Å². The number of hydrogen-bond acceptors (Lipinski definition) is 4. The van der Waals surface area contributed by atoms with E-state index in [9.17, 15) is 9.90 Å². The van der Waals surface area contributed by atoms with E-state index in [1.807, 2.05) is 19.1 Å². The SMILES string of the molecule is CC(c1ccccc1O)N(C)C(=O)COC1CCNCC1. The third-order valence-electron chi connectivity index (χ3n) is 4.09. The molecule has 1 aliphatic heterocycles. The lowest BCUT2D eigenvalue weighted by molar-refractivity contribution is -0.139. The predicted molar refractivity (Wildman–Crippen MR) is 81.1 cm³/mol. The van der Waals surface area contributed by atoms with E-state index in [2.05, 4.69) is 5.32 Å². The second-order valence-electron chi connectivity index (χ2n) is 5.50. The van der Waals surface area contributed by atoms with E-state index in [0.717, 1.165) is 31.5 Å². The Hall–Kier alpha value is -1.59. The highest BCUT2D eigenvalue weighted by atomic mass is 16.5. The number of ether oxygens (including phenoxy) is 1. The first kappa shape index (κ1) is 15.8. The lowest BCUT2D eigenvalue weighted by Crippen LogP contribution is -2.37. The number of hydrogen-bond donors (Lipinski definition) is 2. The van der Waals surface area contributed by atoms with Crippen molar-refractivity contribution in [3.05, 3.63) is 29.8 Å². The molecule has 1 saturated heterocycles. The summed E-state index contributed by atoms with van der Waals surface area (Å²) in [5.74, 6) is 0.146. The molecule has 0 spiro atoms. The molecule has 1 heterocycles. The number of nitrogens with one attached hydrogen (secondary N) is 1. The van der Waals surface area contributed by atoms with Gasteiger partial charge in [0.25, 0.3) is 0 Å². The van der Waals surface area contributed by atoms with Crippen LogP contribution in [-0.4, -0.2) is 48.8 Å². The van der Waals surface area contributed by atoms with Gasteiger partial charge in [0, 0.05) is 12.6 Å². The molecule has 1 atom stereocenters. The predicted octanol–water partition coefficient (Wildman–Crippen LogP) is 1.68. The molecule has 5 heteroatoms. The van der Waals surface area contributed by atoms with Crippen molar-refractivity contribution in [2.45, 2.75) is 31.9 Å². The fraction of sp³-hybridized carbons (Fsp3) is 0.562. The van der Waals surface area contributed by atoms with E-state index in [0.29, 0.717) is 0 Å². The zero-order chi connectivity index (χ0) is 15.2. The van der Waals surface area contributed by atoms with Gasteiger partial charge in [-0.1, -0.05) is 18.2 Å². The molecule has 0 radical (unpaired) electrons. The van der Waals surface area contributed by atoms with Gasteiger partial charge >= 0.3 is 0 Å². The van der Waals surface area contributed by atoms with E-state index in [-0.39, 0.29) is 30.4 Å². The highest BCUT2D eigenvalue weighted by Crippen LogP contribution is 2.27. The quantitative estimate of drug-likeness (QED) is 0.867. The van der Waals surface area contributed by atoms with Crippen LogP contribution in [0.15, 0.2) is 24.3 Å². The van der Waals surface area contributed by atoms with Crippen LogP contribution in [0.2, 0.25) is 0 Å². The second-order valence-corrected chi connectivity index (χ2v) is 5.50. The summed E-state index contributed by atoms with van der Waals surface area (Å²) in [4.78, 5) is 13.8. The van der Waals surface area contributed by atoms with Gasteiger partial charge in [-0.15, -0.1) is 0 Å². The normalized spacial score (nSPS) is 17.4. The van der Waals surface area contributed by atoms with Crippen LogP contribution >= 0.6 is 0 Å². The van der Waals surface area contributed by atoms with Gasteiger partial charge in [-0.3, -0.25) is 4.79 Å². The summed E-state index contributed by atoms with van der Waals surface area (Å²) >= 11 is 0. The molecule has 1 fully saturated rings. The number of phenolic OH excluding ortho intramolecular Hbond substituents is 1. The van der Waals surface area contributed by atoms with E-state index in [1.165, 1.54) is 0 Å². The Bertz CT molecular complexity index is 472. The Morgan fingerprint density at radius 2 is 2.10 bits per heavy atom. The summed E-state index contributed by atoms with van der Waals surface area (Å²) < 4.78 is 5.69. The van der Waals surface area contributed by atoms with Crippen LogP contribution in [0.3, 0.4) is 0 Å². The fourth-order valence-electron chi connectivity index (χ4n) is 2.52. The summed E-state index contributed by atoms with van der Waals surface area (Å²) in [6.07, 6.45) is 2.07. The number of para-hydroxylation sites is 1. The second kappa shape index (κ2) is 7.43. The smallest absolute Gasteiger partial charge is 0.248 e. The number of amides is 1. The van der Waals surface area contributed by atoms with Gasteiger partial charge in [0.2, 0.25) is 5.91 Å². The van der Waals surface area contributed by atoms with Gasteiger partial charge in [0.05, 0.1) is 12.1 Å². The maximum absolute atomic E-state index is 12.2. The molecule has 1 aromatic carbocycles. The molecule has 1 aromatic rings. The number of carbonyl (C=O) groups is 1. The van der Waals surface area contributed by atoms with E-state index in [1.54, 1.807) is 24.1 Å². The highest BCUT2D eigenvalue weighted by molar-refractivity contribution is 5.77. The summed E-state index contributed by atoms with van der Waals surface area (Å²) in [6, 6.07) is 6.91. The lowest BCUT2D eigenvalue weighted by Gasteiger charge is -2.28. The zero-order valence-corrected chi connectivity index (χ0v) is 12.7. The van der Waals surface area contributed by atoms with Gasteiger partial charge in [-0.25, -0.2) is 0 Å². The minimum atomic E-state index is -0.185. The Balaban J connectivity index is 1.88. The van der Waals surface area contributed by atoms with Gasteiger partial charge in [-0.2, -0.15) is 0 Å². The Morgan fingerprint density at radius 1 is 1.43 bits per heavy atom. The molecule has 21 heavy (non-hydrogen) atoms. The lowest BCUT2D eigenvalue weighted by atomic mass is 10.1. The van der Waals surface area contributed by atoms with Crippen LogP contribution in [-0.2, 0) is 9.53 Å². The van der Waals surface area contributed by atoms with Crippen molar-refractivity contribution < 1.29 is 14.6 Å². The summed E-state index contributed by atoms with van der Waals surface area (Å²) in [5, 5.41) is 13.1. The topological polar surface area (TPSA) is 61.8 Å². The fourth-order valence-corrected chi connectivity index (χ4v) is 2.52. The van der Waals surface area contributed by atoms with Crippen LogP contribution in [0.5, 0.6) is 5.75 Å². The monoisotopic (exact) mass is 292 g/mol. The van der Waals surface area contributed by atoms with Crippen molar-refractivity contribution in [1.82, 2.24) is 10.2 Å². The van der Waals surface area contributed by atoms with Crippen molar-refractivity contribution in [2.24, 2.45) is 0 Å². The molecule has 1 unspecified atom stereocenters. The summed E-state index contributed by atoms with van der Waals surface area (Å²) in [6.45, 7) is 3.89.